The summed E-state index contributed by atoms with van der Waals surface area (Å²) < 4.78 is 5.83. The van der Waals surface area contributed by atoms with Gasteiger partial charge in [0.25, 0.3) is 0 Å². The molecule has 2 atom stereocenters. The van der Waals surface area contributed by atoms with Crippen LogP contribution in [-0.2, 0) is 9.53 Å². The molecule has 0 unspecified atom stereocenters. The van der Waals surface area contributed by atoms with Crippen LogP contribution >= 0.6 is 0 Å². The standard InChI is InChI=1S/C16H24N2O2/c1-2-11-20-14-9-6-10-18(12-14)15(16(17)19)13-7-4-3-5-8-13/h3-5,7-8,14-15H,2,6,9-12H2,1H3,(H2,17,19)/t14-,15-/m0/s1. The maximum atomic E-state index is 11.9. The number of benzene rings is 1. The zero-order valence-electron chi connectivity index (χ0n) is 12.1. The number of ether oxygens (including phenoxy) is 1. The molecule has 4 nitrogen and oxygen atoms in total. The van der Waals surface area contributed by atoms with Gasteiger partial charge in [-0.05, 0) is 31.4 Å². The predicted octanol–water partition coefficient (Wildman–Crippen LogP) is 2.10. The smallest absolute Gasteiger partial charge is 0.239 e. The zero-order valence-corrected chi connectivity index (χ0v) is 12.1. The Hall–Kier alpha value is -1.39. The molecule has 0 aromatic heterocycles. The molecule has 0 aliphatic carbocycles. The van der Waals surface area contributed by atoms with Crippen molar-refractivity contribution in [3.05, 3.63) is 35.9 Å². The largest absolute Gasteiger partial charge is 0.377 e. The topological polar surface area (TPSA) is 55.6 Å². The molecular formula is C16H24N2O2. The number of amides is 1. The van der Waals surface area contributed by atoms with Crippen LogP contribution < -0.4 is 5.73 Å². The van der Waals surface area contributed by atoms with Crippen molar-refractivity contribution in [3.8, 4) is 0 Å². The molecule has 1 aromatic carbocycles. The van der Waals surface area contributed by atoms with E-state index in [0.717, 1.165) is 44.5 Å². The summed E-state index contributed by atoms with van der Waals surface area (Å²) in [7, 11) is 0. The van der Waals surface area contributed by atoms with Gasteiger partial charge in [0, 0.05) is 13.2 Å². The molecule has 1 amide bonds. The van der Waals surface area contributed by atoms with Gasteiger partial charge < -0.3 is 10.5 Å². The molecule has 110 valence electrons. The first-order valence-electron chi connectivity index (χ1n) is 7.42. The van der Waals surface area contributed by atoms with E-state index in [9.17, 15) is 4.79 Å². The van der Waals surface area contributed by atoms with E-state index in [2.05, 4.69) is 11.8 Å². The van der Waals surface area contributed by atoms with Gasteiger partial charge in [0.2, 0.25) is 5.91 Å². The van der Waals surface area contributed by atoms with Crippen LogP contribution in [0.2, 0.25) is 0 Å². The number of hydrogen-bond donors (Lipinski definition) is 1. The van der Waals surface area contributed by atoms with Gasteiger partial charge in [0.1, 0.15) is 6.04 Å². The Balaban J connectivity index is 2.07. The third-order valence-corrected chi connectivity index (χ3v) is 3.72. The number of nitrogens with two attached hydrogens (primary N) is 1. The van der Waals surface area contributed by atoms with Crippen LogP contribution in [0.4, 0.5) is 0 Å². The maximum Gasteiger partial charge on any atom is 0.239 e. The van der Waals surface area contributed by atoms with E-state index in [1.165, 1.54) is 0 Å². The highest BCUT2D eigenvalue weighted by Crippen LogP contribution is 2.25. The van der Waals surface area contributed by atoms with Crippen molar-refractivity contribution in [2.24, 2.45) is 5.73 Å². The highest BCUT2D eigenvalue weighted by atomic mass is 16.5. The lowest BCUT2D eigenvalue weighted by atomic mass is 10.00. The summed E-state index contributed by atoms with van der Waals surface area (Å²) in [5.74, 6) is -0.285. The lowest BCUT2D eigenvalue weighted by molar-refractivity contribution is -0.125. The van der Waals surface area contributed by atoms with Crippen molar-refractivity contribution in [1.82, 2.24) is 4.90 Å². The highest BCUT2D eigenvalue weighted by Gasteiger charge is 2.30. The Bertz CT molecular complexity index is 422. The summed E-state index contributed by atoms with van der Waals surface area (Å²) in [4.78, 5) is 14.0. The van der Waals surface area contributed by atoms with Gasteiger partial charge in [-0.25, -0.2) is 0 Å². The number of piperidine rings is 1. The van der Waals surface area contributed by atoms with E-state index in [4.69, 9.17) is 10.5 Å². The lowest BCUT2D eigenvalue weighted by Crippen LogP contribution is -2.46. The van der Waals surface area contributed by atoms with E-state index >= 15 is 0 Å². The van der Waals surface area contributed by atoms with Gasteiger partial charge in [-0.1, -0.05) is 37.3 Å². The van der Waals surface area contributed by atoms with Crippen molar-refractivity contribution in [2.75, 3.05) is 19.7 Å². The minimum absolute atomic E-state index is 0.217. The van der Waals surface area contributed by atoms with Crippen molar-refractivity contribution in [2.45, 2.75) is 38.3 Å². The summed E-state index contributed by atoms with van der Waals surface area (Å²) in [6.45, 7) is 4.57. The van der Waals surface area contributed by atoms with Gasteiger partial charge in [-0.3, -0.25) is 9.69 Å². The van der Waals surface area contributed by atoms with E-state index in [-0.39, 0.29) is 18.1 Å². The molecule has 0 bridgehead atoms. The summed E-state index contributed by atoms with van der Waals surface area (Å²) in [6.07, 6.45) is 3.35. The fraction of sp³-hybridized carbons (Fsp3) is 0.562. The molecular weight excluding hydrogens is 252 g/mol. The Labute approximate surface area is 120 Å². The average molecular weight is 276 g/mol. The monoisotopic (exact) mass is 276 g/mol. The number of likely N-dealkylation sites (tertiary alicyclic amines) is 1. The number of carbonyl (C=O) groups is 1. The van der Waals surface area contributed by atoms with Gasteiger partial charge in [-0.15, -0.1) is 0 Å². The molecule has 1 heterocycles. The Morgan fingerprint density at radius 3 is 2.85 bits per heavy atom. The molecule has 2 rings (SSSR count). The molecule has 0 saturated carbocycles. The first-order chi connectivity index (χ1) is 9.72. The van der Waals surface area contributed by atoms with Gasteiger partial charge >= 0.3 is 0 Å². The molecule has 1 saturated heterocycles. The fourth-order valence-corrected chi connectivity index (χ4v) is 2.81. The van der Waals surface area contributed by atoms with E-state index in [1.54, 1.807) is 0 Å². The molecule has 1 aliphatic rings. The van der Waals surface area contributed by atoms with Crippen LogP contribution in [0, 0.1) is 0 Å². The third kappa shape index (κ3) is 3.81. The van der Waals surface area contributed by atoms with Crippen LogP contribution in [-0.4, -0.2) is 36.6 Å². The Morgan fingerprint density at radius 1 is 1.45 bits per heavy atom. The normalized spacial score (nSPS) is 21.6. The van der Waals surface area contributed by atoms with E-state index in [0.29, 0.717) is 0 Å². The molecule has 2 N–H and O–H groups in total. The first kappa shape index (κ1) is 15.0. The summed E-state index contributed by atoms with van der Waals surface area (Å²) in [5, 5.41) is 0. The molecule has 4 heteroatoms. The van der Waals surface area contributed by atoms with Crippen molar-refractivity contribution < 1.29 is 9.53 Å². The minimum Gasteiger partial charge on any atom is -0.377 e. The van der Waals surface area contributed by atoms with Gasteiger partial charge in [0.05, 0.1) is 6.10 Å². The summed E-state index contributed by atoms with van der Waals surface area (Å²) in [6, 6.07) is 9.42. The lowest BCUT2D eigenvalue weighted by Gasteiger charge is -2.36. The highest BCUT2D eigenvalue weighted by molar-refractivity contribution is 5.81. The number of carbonyl (C=O) groups excluding carboxylic acids is 1. The van der Waals surface area contributed by atoms with E-state index in [1.807, 2.05) is 30.3 Å². The van der Waals surface area contributed by atoms with Crippen LogP contribution in [0.25, 0.3) is 0 Å². The molecule has 0 radical (unpaired) electrons. The molecule has 1 fully saturated rings. The first-order valence-corrected chi connectivity index (χ1v) is 7.42. The maximum absolute atomic E-state index is 11.9. The zero-order chi connectivity index (χ0) is 14.4. The molecule has 20 heavy (non-hydrogen) atoms. The van der Waals surface area contributed by atoms with Crippen LogP contribution in [0.3, 0.4) is 0 Å². The van der Waals surface area contributed by atoms with Crippen LogP contribution in [0.15, 0.2) is 30.3 Å². The van der Waals surface area contributed by atoms with E-state index < -0.39 is 0 Å². The predicted molar refractivity (Wildman–Crippen MR) is 79.2 cm³/mol. The fourth-order valence-electron chi connectivity index (χ4n) is 2.81. The number of hydrogen-bond acceptors (Lipinski definition) is 3. The summed E-state index contributed by atoms with van der Waals surface area (Å²) >= 11 is 0. The van der Waals surface area contributed by atoms with Crippen molar-refractivity contribution >= 4 is 5.91 Å². The summed E-state index contributed by atoms with van der Waals surface area (Å²) in [5.41, 5.74) is 6.59. The molecule has 1 aromatic rings. The van der Waals surface area contributed by atoms with Crippen molar-refractivity contribution in [3.63, 3.8) is 0 Å². The SMILES string of the molecule is CCCO[C@H]1CCCN([C@H](C(N)=O)c2ccccc2)C1. The second-order valence-corrected chi connectivity index (χ2v) is 5.35. The Kier molecular flexibility index (Phi) is 5.56. The minimum atomic E-state index is -0.343. The molecule has 0 spiro atoms. The number of nitrogens with zero attached hydrogens (tertiary/aromatic N) is 1. The number of rotatable bonds is 6. The van der Waals surface area contributed by atoms with Gasteiger partial charge in [0.15, 0.2) is 0 Å². The van der Waals surface area contributed by atoms with Gasteiger partial charge in [-0.2, -0.15) is 0 Å². The van der Waals surface area contributed by atoms with Crippen LogP contribution in [0.1, 0.15) is 37.8 Å². The second kappa shape index (κ2) is 7.41. The number of primary amides is 1. The van der Waals surface area contributed by atoms with Crippen LogP contribution in [0.5, 0.6) is 0 Å². The van der Waals surface area contributed by atoms with Crippen molar-refractivity contribution in [1.29, 1.82) is 0 Å². The average Bonchev–Trinajstić information content (AvgIpc) is 2.46. The Morgan fingerprint density at radius 2 is 2.20 bits per heavy atom. The second-order valence-electron chi connectivity index (χ2n) is 5.35. The third-order valence-electron chi connectivity index (χ3n) is 3.72. The molecule has 1 aliphatic heterocycles. The quantitative estimate of drug-likeness (QED) is 0.865.